The van der Waals surface area contributed by atoms with Crippen molar-refractivity contribution in [3.05, 3.63) is 60.2 Å². The smallest absolute Gasteiger partial charge is 0.246 e. The van der Waals surface area contributed by atoms with E-state index in [9.17, 15) is 13.2 Å². The van der Waals surface area contributed by atoms with Crippen molar-refractivity contribution in [1.82, 2.24) is 9.62 Å². The Bertz CT molecular complexity index is 977. The Labute approximate surface area is 177 Å². The predicted molar refractivity (Wildman–Crippen MR) is 115 cm³/mol. The van der Waals surface area contributed by atoms with Gasteiger partial charge in [-0.05, 0) is 60.9 Å². The number of methoxy groups -OCH3 is 2. The van der Waals surface area contributed by atoms with Crippen LogP contribution >= 0.6 is 0 Å². The number of ether oxygens (including phenoxy) is 2. The summed E-state index contributed by atoms with van der Waals surface area (Å²) in [4.78, 5) is 14.4. The fraction of sp³-hybridized carbons (Fsp3) is 0.318. The number of piperidine rings is 1. The Morgan fingerprint density at radius 3 is 2.03 bits per heavy atom. The van der Waals surface area contributed by atoms with Gasteiger partial charge in [-0.1, -0.05) is 12.1 Å². The van der Waals surface area contributed by atoms with Gasteiger partial charge < -0.3 is 14.4 Å². The third kappa shape index (κ3) is 5.61. The topological polar surface area (TPSA) is 84.9 Å². The molecule has 160 valence electrons. The SMILES string of the molecule is COc1ccc(C=CC(=O)N2CCC(NS(=O)(=O)c3ccc(OC)cc3)CC2)cc1. The molecule has 0 radical (unpaired) electrons. The summed E-state index contributed by atoms with van der Waals surface area (Å²) in [6.07, 6.45) is 4.44. The lowest BCUT2D eigenvalue weighted by molar-refractivity contribution is -0.126. The average Bonchev–Trinajstić information content (AvgIpc) is 2.78. The minimum Gasteiger partial charge on any atom is -0.497 e. The lowest BCUT2D eigenvalue weighted by Gasteiger charge is -2.31. The number of hydrogen-bond acceptors (Lipinski definition) is 5. The Balaban J connectivity index is 1.52. The molecule has 0 saturated carbocycles. The Morgan fingerprint density at radius 1 is 0.967 bits per heavy atom. The molecule has 1 saturated heterocycles. The number of hydrogen-bond donors (Lipinski definition) is 1. The first-order chi connectivity index (χ1) is 14.4. The van der Waals surface area contributed by atoms with Crippen LogP contribution in [-0.2, 0) is 14.8 Å². The number of nitrogens with zero attached hydrogens (tertiary/aromatic N) is 1. The molecule has 0 atom stereocenters. The van der Waals surface area contributed by atoms with Crippen LogP contribution in [0, 0.1) is 0 Å². The zero-order valence-corrected chi connectivity index (χ0v) is 17.9. The molecule has 7 nitrogen and oxygen atoms in total. The van der Waals surface area contributed by atoms with Crippen LogP contribution in [0.25, 0.3) is 6.08 Å². The van der Waals surface area contributed by atoms with Gasteiger partial charge in [-0.3, -0.25) is 4.79 Å². The summed E-state index contributed by atoms with van der Waals surface area (Å²) in [5, 5.41) is 0. The fourth-order valence-corrected chi connectivity index (χ4v) is 4.55. The van der Waals surface area contributed by atoms with Crippen LogP contribution in [0.5, 0.6) is 11.5 Å². The molecular formula is C22H26N2O5S. The number of carbonyl (C=O) groups excluding carboxylic acids is 1. The highest BCUT2D eigenvalue weighted by Gasteiger charge is 2.26. The molecule has 1 heterocycles. The number of benzene rings is 2. The largest absolute Gasteiger partial charge is 0.497 e. The van der Waals surface area contributed by atoms with Gasteiger partial charge in [0.15, 0.2) is 0 Å². The van der Waals surface area contributed by atoms with E-state index in [1.165, 1.54) is 19.2 Å². The molecule has 1 N–H and O–H groups in total. The molecule has 1 aliphatic heterocycles. The third-order valence-corrected chi connectivity index (χ3v) is 6.57. The number of carbonyl (C=O) groups is 1. The average molecular weight is 431 g/mol. The van der Waals surface area contributed by atoms with E-state index in [1.807, 2.05) is 24.3 Å². The molecule has 8 heteroatoms. The van der Waals surface area contributed by atoms with Crippen molar-refractivity contribution >= 4 is 22.0 Å². The van der Waals surface area contributed by atoms with Crippen molar-refractivity contribution in [2.75, 3.05) is 27.3 Å². The second-order valence-electron chi connectivity index (χ2n) is 7.00. The first-order valence-corrected chi connectivity index (χ1v) is 11.2. The molecule has 2 aromatic carbocycles. The molecular weight excluding hydrogens is 404 g/mol. The molecule has 0 aromatic heterocycles. The highest BCUT2D eigenvalue weighted by Crippen LogP contribution is 2.18. The predicted octanol–water partition coefficient (Wildman–Crippen LogP) is 2.69. The molecule has 1 amide bonds. The van der Waals surface area contributed by atoms with E-state index in [2.05, 4.69) is 4.72 Å². The summed E-state index contributed by atoms with van der Waals surface area (Å²) in [7, 11) is -0.471. The molecule has 30 heavy (non-hydrogen) atoms. The molecule has 0 aliphatic carbocycles. The highest BCUT2D eigenvalue weighted by molar-refractivity contribution is 7.89. The normalized spacial score (nSPS) is 15.3. The van der Waals surface area contributed by atoms with Crippen molar-refractivity contribution in [3.63, 3.8) is 0 Å². The molecule has 2 aromatic rings. The molecule has 0 spiro atoms. The number of amides is 1. The van der Waals surface area contributed by atoms with Crippen molar-refractivity contribution < 1.29 is 22.7 Å². The maximum Gasteiger partial charge on any atom is 0.246 e. The number of rotatable bonds is 7. The van der Waals surface area contributed by atoms with Crippen LogP contribution < -0.4 is 14.2 Å². The Kier molecular flexibility index (Phi) is 7.12. The van der Waals surface area contributed by atoms with E-state index < -0.39 is 10.0 Å². The van der Waals surface area contributed by atoms with Crippen LogP contribution in [0.15, 0.2) is 59.5 Å². The van der Waals surface area contributed by atoms with Crippen molar-refractivity contribution in [2.24, 2.45) is 0 Å². The van der Waals surface area contributed by atoms with E-state index in [4.69, 9.17) is 9.47 Å². The maximum atomic E-state index is 12.6. The van der Waals surface area contributed by atoms with Gasteiger partial charge in [0.1, 0.15) is 11.5 Å². The summed E-state index contributed by atoms with van der Waals surface area (Å²) in [6, 6.07) is 13.5. The van der Waals surface area contributed by atoms with Gasteiger partial charge in [0, 0.05) is 25.2 Å². The van der Waals surface area contributed by atoms with Crippen LogP contribution in [0.4, 0.5) is 0 Å². The van der Waals surface area contributed by atoms with E-state index in [1.54, 1.807) is 36.3 Å². The van der Waals surface area contributed by atoms with Gasteiger partial charge in [0.2, 0.25) is 15.9 Å². The fourth-order valence-electron chi connectivity index (χ4n) is 3.25. The lowest BCUT2D eigenvalue weighted by Crippen LogP contribution is -2.46. The minimum absolute atomic E-state index is 0.0812. The van der Waals surface area contributed by atoms with Crippen molar-refractivity contribution in [2.45, 2.75) is 23.8 Å². The van der Waals surface area contributed by atoms with E-state index in [-0.39, 0.29) is 16.8 Å². The zero-order valence-electron chi connectivity index (χ0n) is 17.1. The summed E-state index contributed by atoms with van der Waals surface area (Å²) in [6.45, 7) is 1.00. The Morgan fingerprint density at radius 2 is 1.50 bits per heavy atom. The van der Waals surface area contributed by atoms with E-state index in [0.29, 0.717) is 31.7 Å². The van der Waals surface area contributed by atoms with Crippen LogP contribution in [0.1, 0.15) is 18.4 Å². The van der Waals surface area contributed by atoms with E-state index in [0.717, 1.165) is 11.3 Å². The first kappa shape index (κ1) is 21.9. The second kappa shape index (κ2) is 9.77. The molecule has 1 fully saturated rings. The number of nitrogens with one attached hydrogen (secondary N) is 1. The van der Waals surface area contributed by atoms with Gasteiger partial charge in [0.05, 0.1) is 19.1 Å². The summed E-state index contributed by atoms with van der Waals surface area (Å²) in [5.74, 6) is 1.28. The van der Waals surface area contributed by atoms with E-state index >= 15 is 0 Å². The third-order valence-electron chi connectivity index (χ3n) is 5.03. The van der Waals surface area contributed by atoms with Crippen molar-refractivity contribution in [1.29, 1.82) is 0 Å². The van der Waals surface area contributed by atoms with Gasteiger partial charge in [-0.25, -0.2) is 13.1 Å². The van der Waals surface area contributed by atoms with Crippen LogP contribution in [0.3, 0.4) is 0 Å². The molecule has 0 unspecified atom stereocenters. The monoisotopic (exact) mass is 430 g/mol. The van der Waals surface area contributed by atoms with Gasteiger partial charge >= 0.3 is 0 Å². The van der Waals surface area contributed by atoms with Crippen molar-refractivity contribution in [3.8, 4) is 11.5 Å². The lowest BCUT2D eigenvalue weighted by atomic mass is 10.1. The summed E-state index contributed by atoms with van der Waals surface area (Å²) < 4.78 is 38.1. The first-order valence-electron chi connectivity index (χ1n) is 9.69. The molecule has 0 bridgehead atoms. The van der Waals surface area contributed by atoms with Gasteiger partial charge in [-0.15, -0.1) is 0 Å². The Hall–Kier alpha value is -2.84. The zero-order chi connectivity index (χ0) is 21.6. The minimum atomic E-state index is -3.61. The van der Waals surface area contributed by atoms with Gasteiger partial charge in [0.25, 0.3) is 0 Å². The molecule has 3 rings (SSSR count). The quantitative estimate of drug-likeness (QED) is 0.683. The second-order valence-corrected chi connectivity index (χ2v) is 8.72. The number of likely N-dealkylation sites (tertiary alicyclic amines) is 1. The highest BCUT2D eigenvalue weighted by atomic mass is 32.2. The van der Waals surface area contributed by atoms with Crippen LogP contribution in [0.2, 0.25) is 0 Å². The maximum absolute atomic E-state index is 12.6. The standard InChI is InChI=1S/C22H26N2O5S/c1-28-19-6-3-17(4-7-19)5-12-22(25)24-15-13-18(14-16-24)23-30(26,27)21-10-8-20(29-2)9-11-21/h3-12,18,23H,13-16H2,1-2H3. The summed E-state index contributed by atoms with van der Waals surface area (Å²) in [5.41, 5.74) is 0.909. The van der Waals surface area contributed by atoms with Gasteiger partial charge in [-0.2, -0.15) is 0 Å². The van der Waals surface area contributed by atoms with Crippen LogP contribution in [-0.4, -0.2) is 52.6 Å². The number of sulfonamides is 1. The molecule has 1 aliphatic rings. The summed E-state index contributed by atoms with van der Waals surface area (Å²) >= 11 is 0.